The molecule has 0 radical (unpaired) electrons. The van der Waals surface area contributed by atoms with Gasteiger partial charge in [-0.15, -0.1) is 0 Å². The lowest BCUT2D eigenvalue weighted by atomic mass is 9.89. The summed E-state index contributed by atoms with van der Waals surface area (Å²) in [4.78, 5) is 11.8. The Morgan fingerprint density at radius 1 is 1.08 bits per heavy atom. The van der Waals surface area contributed by atoms with Gasteiger partial charge in [0.2, 0.25) is 0 Å². The topological polar surface area (TPSA) is 47.5 Å². The molecule has 2 aliphatic rings. The van der Waals surface area contributed by atoms with Crippen molar-refractivity contribution in [2.45, 2.75) is 45.6 Å². The molecule has 2 aromatic heterocycles. The molecule has 0 unspecified atom stereocenters. The van der Waals surface area contributed by atoms with Crippen molar-refractivity contribution in [1.82, 2.24) is 14.9 Å². The quantitative estimate of drug-likeness (QED) is 0.840. The van der Waals surface area contributed by atoms with Crippen molar-refractivity contribution in [3.63, 3.8) is 0 Å². The van der Waals surface area contributed by atoms with Gasteiger partial charge in [-0.2, -0.15) is 0 Å². The first-order chi connectivity index (χ1) is 12.6. The third-order valence-electron chi connectivity index (χ3n) is 5.43. The van der Waals surface area contributed by atoms with Crippen LogP contribution in [0.1, 0.15) is 54.4 Å². The van der Waals surface area contributed by atoms with Gasteiger partial charge in [-0.25, -0.2) is 4.98 Å². The van der Waals surface area contributed by atoms with Crippen LogP contribution in [0.25, 0.3) is 0 Å². The van der Waals surface area contributed by atoms with Crippen LogP contribution in [0.3, 0.4) is 0 Å². The van der Waals surface area contributed by atoms with Gasteiger partial charge in [0, 0.05) is 24.0 Å². The van der Waals surface area contributed by atoms with Crippen LogP contribution in [0.4, 0.5) is 0 Å². The van der Waals surface area contributed by atoms with E-state index in [2.05, 4.69) is 48.9 Å². The van der Waals surface area contributed by atoms with Crippen molar-refractivity contribution < 1.29 is 9.47 Å². The lowest BCUT2D eigenvalue weighted by Crippen LogP contribution is -2.36. The molecular formula is C21H27N3O2. The molecule has 2 atom stereocenters. The smallest absolute Gasteiger partial charge is 0.257 e. The van der Waals surface area contributed by atoms with Gasteiger partial charge in [-0.05, 0) is 75.9 Å². The van der Waals surface area contributed by atoms with E-state index in [9.17, 15) is 0 Å². The number of hydrogen-bond donors (Lipinski definition) is 0. The summed E-state index contributed by atoms with van der Waals surface area (Å²) in [7, 11) is 0. The zero-order valence-electron chi connectivity index (χ0n) is 15.9. The minimum atomic E-state index is 0.262. The first-order valence-corrected chi connectivity index (χ1v) is 9.56. The lowest BCUT2D eigenvalue weighted by Gasteiger charge is -2.37. The molecule has 26 heavy (non-hydrogen) atoms. The second-order valence-electron chi connectivity index (χ2n) is 7.43. The maximum Gasteiger partial charge on any atom is 0.257 e. The minimum absolute atomic E-state index is 0.262. The Labute approximate surface area is 155 Å². The SMILES string of the molecule is Cc1cc([C@H]2CCCN([C@@H](C)c3ccc4c(n3)OCCO4)C2)cc(C)n1. The largest absolute Gasteiger partial charge is 0.484 e. The molecule has 0 N–H and O–H groups in total. The lowest BCUT2D eigenvalue weighted by molar-refractivity contribution is 0.147. The standard InChI is InChI=1S/C21H27N3O2/c1-14-11-18(12-15(2)22-14)17-5-4-8-24(13-17)16(3)19-6-7-20-21(23-19)26-10-9-25-20/h6-7,11-12,16-17H,4-5,8-10,13H2,1-3H3/t16-,17-/m0/s1. The Bertz CT molecular complexity index is 773. The highest BCUT2D eigenvalue weighted by atomic mass is 16.6. The normalized spacial score (nSPS) is 21.4. The van der Waals surface area contributed by atoms with Crippen LogP contribution >= 0.6 is 0 Å². The Hall–Kier alpha value is -2.14. The van der Waals surface area contributed by atoms with Crippen molar-refractivity contribution in [1.29, 1.82) is 0 Å². The average Bonchev–Trinajstić information content (AvgIpc) is 2.66. The molecule has 2 aromatic rings. The number of hydrogen-bond acceptors (Lipinski definition) is 5. The van der Waals surface area contributed by atoms with E-state index < -0.39 is 0 Å². The van der Waals surface area contributed by atoms with E-state index in [4.69, 9.17) is 14.5 Å². The average molecular weight is 353 g/mol. The van der Waals surface area contributed by atoms with E-state index in [1.807, 2.05) is 6.07 Å². The third-order valence-corrected chi connectivity index (χ3v) is 5.43. The fourth-order valence-electron chi connectivity index (χ4n) is 4.10. The summed E-state index contributed by atoms with van der Waals surface area (Å²) in [5, 5.41) is 0. The maximum atomic E-state index is 5.66. The van der Waals surface area contributed by atoms with Crippen LogP contribution in [0, 0.1) is 13.8 Å². The predicted octanol–water partition coefficient (Wildman–Crippen LogP) is 3.81. The van der Waals surface area contributed by atoms with Gasteiger partial charge in [0.05, 0.1) is 5.69 Å². The van der Waals surface area contributed by atoms with Crippen molar-refractivity contribution in [2.24, 2.45) is 0 Å². The van der Waals surface area contributed by atoms with Crippen LogP contribution in [-0.4, -0.2) is 41.2 Å². The first kappa shape index (κ1) is 17.3. The Kier molecular flexibility index (Phi) is 4.81. The second-order valence-corrected chi connectivity index (χ2v) is 7.43. The fraction of sp³-hybridized carbons (Fsp3) is 0.524. The molecule has 4 heterocycles. The number of aromatic nitrogens is 2. The van der Waals surface area contributed by atoms with Gasteiger partial charge in [-0.3, -0.25) is 9.88 Å². The van der Waals surface area contributed by atoms with Crippen LogP contribution < -0.4 is 9.47 Å². The number of nitrogens with zero attached hydrogens (tertiary/aromatic N) is 3. The molecular weight excluding hydrogens is 326 g/mol. The summed E-state index contributed by atoms with van der Waals surface area (Å²) in [6, 6.07) is 8.81. The highest BCUT2D eigenvalue weighted by Crippen LogP contribution is 2.34. The zero-order valence-corrected chi connectivity index (χ0v) is 15.9. The molecule has 5 nitrogen and oxygen atoms in total. The molecule has 5 heteroatoms. The van der Waals surface area contributed by atoms with E-state index in [-0.39, 0.29) is 6.04 Å². The first-order valence-electron chi connectivity index (χ1n) is 9.56. The summed E-state index contributed by atoms with van der Waals surface area (Å²) < 4.78 is 11.3. The molecule has 0 aromatic carbocycles. The van der Waals surface area contributed by atoms with Crippen molar-refractivity contribution in [3.8, 4) is 11.6 Å². The third kappa shape index (κ3) is 3.54. The second kappa shape index (κ2) is 7.23. The maximum absolute atomic E-state index is 5.66. The van der Waals surface area contributed by atoms with E-state index >= 15 is 0 Å². The Balaban J connectivity index is 1.52. The fourth-order valence-corrected chi connectivity index (χ4v) is 4.10. The summed E-state index contributed by atoms with van der Waals surface area (Å²) >= 11 is 0. The Morgan fingerprint density at radius 3 is 2.65 bits per heavy atom. The van der Waals surface area contributed by atoms with Gasteiger partial charge in [0.1, 0.15) is 13.2 Å². The van der Waals surface area contributed by atoms with Gasteiger partial charge in [0.25, 0.3) is 5.88 Å². The van der Waals surface area contributed by atoms with Crippen LogP contribution in [-0.2, 0) is 0 Å². The Morgan fingerprint density at radius 2 is 1.85 bits per heavy atom. The van der Waals surface area contributed by atoms with Crippen molar-refractivity contribution >= 4 is 0 Å². The number of rotatable bonds is 3. The van der Waals surface area contributed by atoms with Gasteiger partial charge < -0.3 is 9.47 Å². The van der Waals surface area contributed by atoms with Gasteiger partial charge in [-0.1, -0.05) is 0 Å². The molecule has 138 valence electrons. The summed E-state index contributed by atoms with van der Waals surface area (Å²) in [5.41, 5.74) is 4.69. The summed E-state index contributed by atoms with van der Waals surface area (Å²) in [6.45, 7) is 9.74. The van der Waals surface area contributed by atoms with Crippen molar-refractivity contribution in [3.05, 3.63) is 46.9 Å². The van der Waals surface area contributed by atoms with Crippen molar-refractivity contribution in [2.75, 3.05) is 26.3 Å². The molecule has 0 amide bonds. The molecule has 2 aliphatic heterocycles. The summed E-state index contributed by atoms with van der Waals surface area (Å²) in [6.07, 6.45) is 2.45. The van der Waals surface area contributed by atoms with E-state index in [1.54, 1.807) is 0 Å². The monoisotopic (exact) mass is 353 g/mol. The zero-order chi connectivity index (χ0) is 18.1. The van der Waals surface area contributed by atoms with Crippen LogP contribution in [0.15, 0.2) is 24.3 Å². The van der Waals surface area contributed by atoms with E-state index in [0.29, 0.717) is 25.0 Å². The number of piperidine rings is 1. The van der Waals surface area contributed by atoms with Gasteiger partial charge in [0.15, 0.2) is 5.75 Å². The molecule has 0 aliphatic carbocycles. The minimum Gasteiger partial charge on any atom is -0.484 e. The van der Waals surface area contributed by atoms with Gasteiger partial charge >= 0.3 is 0 Å². The molecule has 0 bridgehead atoms. The molecule has 1 fully saturated rings. The number of aryl methyl sites for hydroxylation is 2. The summed E-state index contributed by atoms with van der Waals surface area (Å²) in [5.74, 6) is 1.95. The van der Waals surface area contributed by atoms with Crippen LogP contribution in [0.2, 0.25) is 0 Å². The highest BCUT2D eigenvalue weighted by molar-refractivity contribution is 5.36. The van der Waals surface area contributed by atoms with E-state index in [1.165, 1.54) is 18.4 Å². The van der Waals surface area contributed by atoms with Crippen LogP contribution in [0.5, 0.6) is 11.6 Å². The number of likely N-dealkylation sites (tertiary alicyclic amines) is 1. The predicted molar refractivity (Wildman–Crippen MR) is 101 cm³/mol. The molecule has 1 saturated heterocycles. The number of fused-ring (bicyclic) bond motifs is 1. The highest BCUT2D eigenvalue weighted by Gasteiger charge is 2.27. The number of pyridine rings is 2. The molecule has 0 saturated carbocycles. The number of ether oxygens (including phenoxy) is 2. The van der Waals surface area contributed by atoms with E-state index in [0.717, 1.165) is 35.9 Å². The molecule has 4 rings (SSSR count). The molecule has 0 spiro atoms.